The second-order valence-electron chi connectivity index (χ2n) is 2.19. The number of nitrogens with one attached hydrogen (secondary N) is 3. The predicted octanol–water partition coefficient (Wildman–Crippen LogP) is 1.05. The molecule has 0 amide bonds. The molecule has 4 nitrogen and oxygen atoms in total. The highest BCUT2D eigenvalue weighted by Gasteiger charge is 2.01. The van der Waals surface area contributed by atoms with Gasteiger partial charge in [-0.05, 0) is 5.30 Å². The van der Waals surface area contributed by atoms with Crippen LogP contribution in [0.15, 0.2) is 29.5 Å². The number of hydrogen-bond acceptors (Lipinski definition) is 3. The Morgan fingerprint density at radius 3 is 2.67 bits per heavy atom. The van der Waals surface area contributed by atoms with Crippen LogP contribution < -0.4 is 10.7 Å². The van der Waals surface area contributed by atoms with E-state index in [1.165, 1.54) is 0 Å². The second-order valence-corrected chi connectivity index (χ2v) is 2.81. The molecule has 0 spiro atoms. The summed E-state index contributed by atoms with van der Waals surface area (Å²) in [6.45, 7) is 0. The minimum atomic E-state index is 0.135. The fourth-order valence-corrected chi connectivity index (χ4v) is 1.19. The Hall–Kier alpha value is -1.28. The molecule has 0 aromatic heterocycles. The zero-order valence-electron chi connectivity index (χ0n) is 6.33. The summed E-state index contributed by atoms with van der Waals surface area (Å²) in [6, 6.07) is 7.39. The fraction of sp³-hybridized carbons (Fsp3) is 0. The van der Waals surface area contributed by atoms with Crippen molar-refractivity contribution in [3.63, 3.8) is 0 Å². The monoisotopic (exact) mass is 180 g/mol. The van der Waals surface area contributed by atoms with Crippen molar-refractivity contribution in [3.8, 4) is 0 Å². The third-order valence-electron chi connectivity index (χ3n) is 1.40. The van der Waals surface area contributed by atoms with E-state index in [1.807, 2.05) is 18.2 Å². The number of benzene rings is 1. The first-order valence-electron chi connectivity index (χ1n) is 3.31. The summed E-state index contributed by atoms with van der Waals surface area (Å²) in [7, 11) is 2.52. The minimum absolute atomic E-state index is 0.135. The van der Waals surface area contributed by atoms with Crippen LogP contribution >= 0.6 is 9.24 Å². The lowest BCUT2D eigenvalue weighted by atomic mass is 10.2. The van der Waals surface area contributed by atoms with Crippen molar-refractivity contribution < 1.29 is 0 Å². The summed E-state index contributed by atoms with van der Waals surface area (Å²) in [4.78, 5) is 0. The Bertz CT molecular complexity index is 310. The van der Waals surface area contributed by atoms with E-state index in [0.29, 0.717) is 0 Å². The molecule has 0 aliphatic heterocycles. The molecule has 12 heavy (non-hydrogen) atoms. The number of amidine groups is 1. The molecule has 0 saturated carbocycles. The van der Waals surface area contributed by atoms with Gasteiger partial charge in [0.25, 0.3) is 0 Å². The average Bonchev–Trinajstić information content (AvgIpc) is 2.05. The SMILES string of the molecule is N=NNC(=N)c1ccccc1P. The maximum Gasteiger partial charge on any atom is 0.147 e. The van der Waals surface area contributed by atoms with E-state index >= 15 is 0 Å². The molecular formula is C7H9N4P. The van der Waals surface area contributed by atoms with Gasteiger partial charge in [0.05, 0.1) is 0 Å². The highest BCUT2D eigenvalue weighted by molar-refractivity contribution is 7.27. The van der Waals surface area contributed by atoms with Gasteiger partial charge in [-0.2, -0.15) is 5.53 Å². The highest BCUT2D eigenvalue weighted by Crippen LogP contribution is 1.99. The molecule has 0 radical (unpaired) electrons. The van der Waals surface area contributed by atoms with Crippen molar-refractivity contribution in [2.45, 2.75) is 0 Å². The van der Waals surface area contributed by atoms with E-state index in [2.05, 4.69) is 19.9 Å². The third kappa shape index (κ3) is 1.86. The molecule has 1 unspecified atom stereocenters. The molecule has 62 valence electrons. The summed E-state index contributed by atoms with van der Waals surface area (Å²) in [6.07, 6.45) is 0. The van der Waals surface area contributed by atoms with Gasteiger partial charge in [-0.25, -0.2) is 5.43 Å². The van der Waals surface area contributed by atoms with Crippen LogP contribution in [-0.2, 0) is 0 Å². The molecule has 0 fully saturated rings. The molecular weight excluding hydrogens is 171 g/mol. The first-order chi connectivity index (χ1) is 5.75. The van der Waals surface area contributed by atoms with Crippen molar-refractivity contribution in [3.05, 3.63) is 29.8 Å². The lowest BCUT2D eigenvalue weighted by Gasteiger charge is -2.03. The van der Waals surface area contributed by atoms with E-state index in [1.54, 1.807) is 6.07 Å². The quantitative estimate of drug-likeness (QED) is 0.205. The van der Waals surface area contributed by atoms with Gasteiger partial charge in [0.2, 0.25) is 0 Å². The van der Waals surface area contributed by atoms with Gasteiger partial charge in [-0.1, -0.05) is 29.5 Å². The Balaban J connectivity index is 2.94. The number of nitrogens with zero attached hydrogens (tertiary/aromatic N) is 1. The second kappa shape index (κ2) is 3.93. The summed E-state index contributed by atoms with van der Waals surface area (Å²) in [5.74, 6) is 0.135. The minimum Gasteiger partial charge on any atom is -0.283 e. The van der Waals surface area contributed by atoms with E-state index in [4.69, 9.17) is 10.9 Å². The molecule has 1 aromatic rings. The van der Waals surface area contributed by atoms with Crippen LogP contribution in [0.5, 0.6) is 0 Å². The largest absolute Gasteiger partial charge is 0.283 e. The van der Waals surface area contributed by atoms with Gasteiger partial charge >= 0.3 is 0 Å². The lowest BCUT2D eigenvalue weighted by molar-refractivity contribution is 0.862. The molecule has 0 aliphatic rings. The van der Waals surface area contributed by atoms with Crippen molar-refractivity contribution in [1.82, 2.24) is 5.43 Å². The smallest absolute Gasteiger partial charge is 0.147 e. The van der Waals surface area contributed by atoms with Crippen LogP contribution in [-0.4, -0.2) is 5.84 Å². The first kappa shape index (κ1) is 8.81. The van der Waals surface area contributed by atoms with Crippen molar-refractivity contribution in [2.75, 3.05) is 0 Å². The Kier molecular flexibility index (Phi) is 2.88. The molecule has 1 aromatic carbocycles. The predicted molar refractivity (Wildman–Crippen MR) is 50.9 cm³/mol. The molecule has 0 aliphatic carbocycles. The number of rotatable bonds is 2. The molecule has 3 N–H and O–H groups in total. The summed E-state index contributed by atoms with van der Waals surface area (Å²) in [5.41, 5.74) is 9.52. The van der Waals surface area contributed by atoms with Crippen LogP contribution in [0.2, 0.25) is 0 Å². The molecule has 5 heteroatoms. The van der Waals surface area contributed by atoms with Gasteiger partial charge in [-0.15, -0.1) is 9.24 Å². The zero-order valence-corrected chi connectivity index (χ0v) is 7.49. The Labute approximate surface area is 72.6 Å². The average molecular weight is 180 g/mol. The molecule has 1 rings (SSSR count). The van der Waals surface area contributed by atoms with E-state index in [0.717, 1.165) is 10.9 Å². The van der Waals surface area contributed by atoms with Crippen molar-refractivity contribution in [1.29, 1.82) is 10.9 Å². The summed E-state index contributed by atoms with van der Waals surface area (Å²) in [5, 5.41) is 11.3. The van der Waals surface area contributed by atoms with Gasteiger partial charge in [0, 0.05) is 5.56 Å². The highest BCUT2D eigenvalue weighted by atomic mass is 31.0. The lowest BCUT2D eigenvalue weighted by Crippen LogP contribution is -2.21. The van der Waals surface area contributed by atoms with Crippen molar-refractivity contribution in [2.24, 2.45) is 5.22 Å². The third-order valence-corrected chi connectivity index (χ3v) is 1.90. The van der Waals surface area contributed by atoms with Crippen LogP contribution in [0.25, 0.3) is 0 Å². The normalized spacial score (nSPS) is 9.08. The number of hydrogen-bond donors (Lipinski definition) is 3. The van der Waals surface area contributed by atoms with E-state index in [9.17, 15) is 0 Å². The molecule has 0 saturated heterocycles. The van der Waals surface area contributed by atoms with Gasteiger partial charge in [0.1, 0.15) is 5.84 Å². The Morgan fingerprint density at radius 2 is 2.08 bits per heavy atom. The maximum absolute atomic E-state index is 7.43. The van der Waals surface area contributed by atoms with E-state index < -0.39 is 0 Å². The van der Waals surface area contributed by atoms with Crippen LogP contribution in [0.1, 0.15) is 5.56 Å². The Morgan fingerprint density at radius 1 is 1.42 bits per heavy atom. The summed E-state index contributed by atoms with van der Waals surface area (Å²) < 4.78 is 0. The summed E-state index contributed by atoms with van der Waals surface area (Å²) >= 11 is 0. The van der Waals surface area contributed by atoms with E-state index in [-0.39, 0.29) is 5.84 Å². The fourth-order valence-electron chi connectivity index (χ4n) is 0.841. The first-order valence-corrected chi connectivity index (χ1v) is 3.89. The van der Waals surface area contributed by atoms with Crippen molar-refractivity contribution >= 4 is 20.4 Å². The van der Waals surface area contributed by atoms with Crippen LogP contribution in [0, 0.1) is 10.9 Å². The van der Waals surface area contributed by atoms with Crippen LogP contribution in [0.4, 0.5) is 0 Å². The van der Waals surface area contributed by atoms with Gasteiger partial charge in [0.15, 0.2) is 0 Å². The van der Waals surface area contributed by atoms with Gasteiger partial charge < -0.3 is 0 Å². The standard InChI is InChI=1S/C7H9N4P/c8-7(10-11-9)5-3-1-2-4-6(5)12/h1-4H,12H2,(H3,8,9,10). The molecule has 0 bridgehead atoms. The topological polar surface area (TPSA) is 72.1 Å². The van der Waals surface area contributed by atoms with Gasteiger partial charge in [-0.3, -0.25) is 5.41 Å². The van der Waals surface area contributed by atoms with Crippen LogP contribution in [0.3, 0.4) is 0 Å². The maximum atomic E-state index is 7.43. The molecule has 0 heterocycles. The molecule has 1 atom stereocenters. The zero-order chi connectivity index (χ0) is 8.97.